The van der Waals surface area contributed by atoms with E-state index in [1.165, 1.54) is 0 Å². The summed E-state index contributed by atoms with van der Waals surface area (Å²) in [5, 5.41) is 13.1. The molecule has 4 heteroatoms. The first-order valence-electron chi connectivity index (χ1n) is 6.91. The second kappa shape index (κ2) is 5.36. The molecule has 2 rings (SSSR count). The lowest BCUT2D eigenvalue weighted by molar-refractivity contribution is -0.154. The van der Waals surface area contributed by atoms with Crippen LogP contribution in [0.5, 0.6) is 0 Å². The summed E-state index contributed by atoms with van der Waals surface area (Å²) < 4.78 is 0. The van der Waals surface area contributed by atoms with E-state index in [4.69, 9.17) is 0 Å². The summed E-state index contributed by atoms with van der Waals surface area (Å²) in [5.41, 5.74) is -0.569. The molecule has 0 aromatic carbocycles. The SMILES string of the molecule is CCC1CCCC1(C(=O)O)N1CCCNCC1. The molecule has 2 unspecified atom stereocenters. The molecule has 98 valence electrons. The first kappa shape index (κ1) is 12.8. The monoisotopic (exact) mass is 240 g/mol. The number of hydrogen-bond acceptors (Lipinski definition) is 3. The fourth-order valence-corrected chi connectivity index (χ4v) is 3.68. The minimum atomic E-state index is -0.594. The average Bonchev–Trinajstić information content (AvgIpc) is 2.57. The third kappa shape index (κ3) is 2.20. The van der Waals surface area contributed by atoms with Crippen LogP contribution in [0.25, 0.3) is 0 Å². The summed E-state index contributed by atoms with van der Waals surface area (Å²) in [6.07, 6.45) is 5.02. The molecule has 0 amide bonds. The first-order chi connectivity index (χ1) is 8.21. The van der Waals surface area contributed by atoms with E-state index in [2.05, 4.69) is 17.1 Å². The van der Waals surface area contributed by atoms with Gasteiger partial charge in [-0.3, -0.25) is 9.69 Å². The summed E-state index contributed by atoms with van der Waals surface area (Å²) in [5.74, 6) is -0.262. The van der Waals surface area contributed by atoms with Crippen LogP contribution in [0, 0.1) is 5.92 Å². The summed E-state index contributed by atoms with van der Waals surface area (Å²) in [7, 11) is 0. The van der Waals surface area contributed by atoms with E-state index in [1.807, 2.05) is 0 Å². The zero-order chi connectivity index (χ0) is 12.3. The van der Waals surface area contributed by atoms with Crippen molar-refractivity contribution < 1.29 is 9.90 Å². The van der Waals surface area contributed by atoms with Crippen LogP contribution in [0.3, 0.4) is 0 Å². The van der Waals surface area contributed by atoms with Crippen LogP contribution in [0.15, 0.2) is 0 Å². The second-order valence-electron chi connectivity index (χ2n) is 5.32. The number of nitrogens with one attached hydrogen (secondary N) is 1. The summed E-state index contributed by atoms with van der Waals surface area (Å²) in [6.45, 7) is 5.87. The Balaban J connectivity index is 2.23. The van der Waals surface area contributed by atoms with Gasteiger partial charge in [-0.15, -0.1) is 0 Å². The molecular weight excluding hydrogens is 216 g/mol. The number of hydrogen-bond donors (Lipinski definition) is 2. The smallest absolute Gasteiger partial charge is 0.324 e. The zero-order valence-corrected chi connectivity index (χ0v) is 10.7. The van der Waals surface area contributed by atoms with E-state index in [0.717, 1.165) is 58.3 Å². The Bertz CT molecular complexity index is 275. The van der Waals surface area contributed by atoms with Crippen molar-refractivity contribution in [2.75, 3.05) is 26.2 Å². The average molecular weight is 240 g/mol. The molecule has 0 aromatic heterocycles. The van der Waals surface area contributed by atoms with Gasteiger partial charge in [0.25, 0.3) is 0 Å². The van der Waals surface area contributed by atoms with Gasteiger partial charge >= 0.3 is 5.97 Å². The highest BCUT2D eigenvalue weighted by molar-refractivity contribution is 5.79. The van der Waals surface area contributed by atoms with Gasteiger partial charge in [0, 0.05) is 19.6 Å². The quantitative estimate of drug-likeness (QED) is 0.781. The van der Waals surface area contributed by atoms with Crippen LogP contribution < -0.4 is 5.32 Å². The molecule has 4 nitrogen and oxygen atoms in total. The van der Waals surface area contributed by atoms with E-state index in [-0.39, 0.29) is 0 Å². The fraction of sp³-hybridized carbons (Fsp3) is 0.923. The third-order valence-corrected chi connectivity index (χ3v) is 4.55. The zero-order valence-electron chi connectivity index (χ0n) is 10.7. The number of carboxylic acid groups (broad SMARTS) is 1. The van der Waals surface area contributed by atoms with E-state index < -0.39 is 11.5 Å². The topological polar surface area (TPSA) is 52.6 Å². The summed E-state index contributed by atoms with van der Waals surface area (Å²) >= 11 is 0. The maximum absolute atomic E-state index is 11.8. The molecule has 1 heterocycles. The number of aliphatic carboxylic acids is 1. The van der Waals surface area contributed by atoms with Gasteiger partial charge < -0.3 is 10.4 Å². The Morgan fingerprint density at radius 2 is 2.24 bits per heavy atom. The highest BCUT2D eigenvalue weighted by Gasteiger charge is 2.52. The van der Waals surface area contributed by atoms with Crippen LogP contribution in [0.2, 0.25) is 0 Å². The Hall–Kier alpha value is -0.610. The number of carboxylic acids is 1. The summed E-state index contributed by atoms with van der Waals surface area (Å²) in [6, 6.07) is 0. The van der Waals surface area contributed by atoms with E-state index >= 15 is 0 Å². The number of rotatable bonds is 3. The predicted octanol–water partition coefficient (Wildman–Crippen LogP) is 1.32. The molecule has 0 radical (unpaired) electrons. The van der Waals surface area contributed by atoms with Crippen molar-refractivity contribution in [2.45, 2.75) is 44.6 Å². The Morgan fingerprint density at radius 1 is 1.41 bits per heavy atom. The van der Waals surface area contributed by atoms with Gasteiger partial charge in [0.1, 0.15) is 5.54 Å². The highest BCUT2D eigenvalue weighted by Crippen LogP contribution is 2.42. The van der Waals surface area contributed by atoms with Crippen molar-refractivity contribution in [1.82, 2.24) is 10.2 Å². The third-order valence-electron chi connectivity index (χ3n) is 4.55. The molecule has 2 N–H and O–H groups in total. The fourth-order valence-electron chi connectivity index (χ4n) is 3.68. The van der Waals surface area contributed by atoms with Crippen LogP contribution >= 0.6 is 0 Å². The molecule has 0 spiro atoms. The highest BCUT2D eigenvalue weighted by atomic mass is 16.4. The van der Waals surface area contributed by atoms with Crippen LogP contribution in [-0.2, 0) is 4.79 Å². The maximum Gasteiger partial charge on any atom is 0.324 e. The normalized spacial score (nSPS) is 35.7. The molecule has 1 aliphatic heterocycles. The Morgan fingerprint density at radius 3 is 2.94 bits per heavy atom. The molecule has 1 saturated carbocycles. The Labute approximate surface area is 103 Å². The van der Waals surface area contributed by atoms with Gasteiger partial charge in [-0.25, -0.2) is 0 Å². The largest absolute Gasteiger partial charge is 0.480 e. The molecular formula is C13H24N2O2. The Kier molecular flexibility index (Phi) is 4.05. The summed E-state index contributed by atoms with van der Waals surface area (Å²) in [4.78, 5) is 14.1. The van der Waals surface area contributed by atoms with E-state index in [9.17, 15) is 9.90 Å². The van der Waals surface area contributed by atoms with Crippen LogP contribution in [0.1, 0.15) is 39.0 Å². The van der Waals surface area contributed by atoms with Crippen LogP contribution in [-0.4, -0.2) is 47.7 Å². The first-order valence-corrected chi connectivity index (χ1v) is 6.91. The van der Waals surface area contributed by atoms with Crippen LogP contribution in [0.4, 0.5) is 0 Å². The minimum absolute atomic E-state index is 0.332. The molecule has 2 fully saturated rings. The molecule has 0 aromatic rings. The van der Waals surface area contributed by atoms with E-state index in [1.54, 1.807) is 0 Å². The lowest BCUT2D eigenvalue weighted by Crippen LogP contribution is -2.58. The van der Waals surface area contributed by atoms with Gasteiger partial charge in [0.2, 0.25) is 0 Å². The van der Waals surface area contributed by atoms with E-state index in [0.29, 0.717) is 5.92 Å². The lowest BCUT2D eigenvalue weighted by Gasteiger charge is -2.41. The van der Waals surface area contributed by atoms with Crippen molar-refractivity contribution in [3.63, 3.8) is 0 Å². The molecule has 1 aliphatic carbocycles. The molecule has 17 heavy (non-hydrogen) atoms. The maximum atomic E-state index is 11.8. The van der Waals surface area contributed by atoms with Gasteiger partial charge in [-0.1, -0.05) is 19.8 Å². The molecule has 2 atom stereocenters. The van der Waals surface area contributed by atoms with Gasteiger partial charge in [-0.05, 0) is 31.7 Å². The standard InChI is InChI=1S/C13H24N2O2/c1-2-11-5-3-6-13(11,12(16)17)15-9-4-7-14-8-10-15/h11,14H,2-10H2,1H3,(H,16,17). The van der Waals surface area contributed by atoms with Gasteiger partial charge in [-0.2, -0.15) is 0 Å². The van der Waals surface area contributed by atoms with Gasteiger partial charge in [0.05, 0.1) is 0 Å². The lowest BCUT2D eigenvalue weighted by atomic mass is 9.83. The molecule has 2 aliphatic rings. The number of nitrogens with zero attached hydrogens (tertiary/aromatic N) is 1. The van der Waals surface area contributed by atoms with Gasteiger partial charge in [0.15, 0.2) is 0 Å². The molecule has 0 bridgehead atoms. The van der Waals surface area contributed by atoms with Crippen molar-refractivity contribution in [3.05, 3.63) is 0 Å². The predicted molar refractivity (Wildman–Crippen MR) is 67.1 cm³/mol. The molecule has 1 saturated heterocycles. The van der Waals surface area contributed by atoms with Crippen molar-refractivity contribution in [2.24, 2.45) is 5.92 Å². The van der Waals surface area contributed by atoms with Crippen molar-refractivity contribution in [1.29, 1.82) is 0 Å². The minimum Gasteiger partial charge on any atom is -0.480 e. The second-order valence-corrected chi connectivity index (χ2v) is 5.32. The van der Waals surface area contributed by atoms with Crippen molar-refractivity contribution in [3.8, 4) is 0 Å². The van der Waals surface area contributed by atoms with Crippen molar-refractivity contribution >= 4 is 5.97 Å². The number of carbonyl (C=O) groups is 1.